The van der Waals surface area contributed by atoms with Crippen molar-refractivity contribution in [1.82, 2.24) is 14.8 Å². The topological polar surface area (TPSA) is 108 Å². The fraction of sp³-hybridized carbons (Fsp3) is 0.571. The molecule has 2 bridgehead atoms. The van der Waals surface area contributed by atoms with Crippen molar-refractivity contribution in [1.29, 1.82) is 0 Å². The minimum atomic E-state index is -1.69. The Kier molecular flexibility index (Phi) is 7.89. The van der Waals surface area contributed by atoms with E-state index in [2.05, 4.69) is 63.0 Å². The predicted octanol–water partition coefficient (Wildman–Crippen LogP) is 4.70. The van der Waals surface area contributed by atoms with Gasteiger partial charge in [-0.2, -0.15) is 0 Å². The Balaban J connectivity index is 1.35. The highest BCUT2D eigenvalue weighted by atomic mass is 16.5. The first kappa shape index (κ1) is 33.9. The fourth-order valence-corrected chi connectivity index (χ4v) is 12.4. The van der Waals surface area contributed by atoms with Crippen LogP contribution in [0.5, 0.6) is 5.75 Å². The summed E-state index contributed by atoms with van der Waals surface area (Å²) in [6, 6.07) is 12.3. The molecule has 10 heteroatoms. The number of para-hydroxylation sites is 1. The number of nitrogens with zero attached hydrogens (tertiary/aromatic N) is 3. The molecule has 2 N–H and O–H groups in total. The van der Waals surface area contributed by atoms with Crippen molar-refractivity contribution < 1.29 is 28.9 Å². The summed E-state index contributed by atoms with van der Waals surface area (Å²) >= 11 is 0. The number of aliphatic hydroxyl groups is 1. The van der Waals surface area contributed by atoms with Gasteiger partial charge in [0.25, 0.3) is 0 Å². The molecule has 0 radical (unpaired) electrons. The van der Waals surface area contributed by atoms with Gasteiger partial charge < -0.3 is 29.2 Å². The number of aromatic nitrogens is 1. The number of H-pyrrole nitrogens is 1. The van der Waals surface area contributed by atoms with Crippen molar-refractivity contribution in [3.63, 3.8) is 0 Å². The zero-order chi connectivity index (χ0) is 36.2. The quantitative estimate of drug-likeness (QED) is 0.288. The lowest BCUT2D eigenvalue weighted by atomic mass is 9.54. The molecular formula is C42H52N4O6. The number of methoxy groups -OCH3 is 3. The number of piperidine rings is 1. The number of aromatic amines is 1. The summed E-state index contributed by atoms with van der Waals surface area (Å²) in [5, 5.41) is 13.8. The zero-order valence-corrected chi connectivity index (χ0v) is 31.2. The Morgan fingerprint density at radius 3 is 2.60 bits per heavy atom. The third kappa shape index (κ3) is 4.40. The first-order valence-electron chi connectivity index (χ1n) is 19.3. The van der Waals surface area contributed by atoms with E-state index in [1.807, 2.05) is 13.1 Å². The molecule has 5 aliphatic heterocycles. The molecule has 10 nitrogen and oxygen atoms in total. The molecule has 1 aliphatic carbocycles. The number of anilines is 1. The lowest BCUT2D eigenvalue weighted by Gasteiger charge is -2.56. The van der Waals surface area contributed by atoms with Gasteiger partial charge in [0.1, 0.15) is 11.2 Å². The molecule has 2 saturated heterocycles. The molecule has 1 spiro atoms. The van der Waals surface area contributed by atoms with E-state index in [9.17, 15) is 9.90 Å². The van der Waals surface area contributed by atoms with E-state index in [-0.39, 0.29) is 23.8 Å². The molecule has 1 saturated carbocycles. The highest BCUT2D eigenvalue weighted by Gasteiger charge is 2.72. The molecule has 52 heavy (non-hydrogen) atoms. The number of esters is 2. The molecular weight excluding hydrogens is 656 g/mol. The van der Waals surface area contributed by atoms with Crippen LogP contribution < -0.4 is 9.64 Å². The number of hydrogen-bond donors (Lipinski definition) is 2. The van der Waals surface area contributed by atoms with Crippen LogP contribution in [0.4, 0.5) is 5.69 Å². The number of carbonyl (C=O) groups excluding carboxylic acids is 2. The summed E-state index contributed by atoms with van der Waals surface area (Å²) in [4.78, 5) is 39.9. The molecule has 3 aromatic rings. The number of fused-ring (bicyclic) bond motifs is 6. The van der Waals surface area contributed by atoms with E-state index in [0.29, 0.717) is 18.6 Å². The van der Waals surface area contributed by atoms with Crippen molar-refractivity contribution in [3.05, 3.63) is 70.4 Å². The van der Waals surface area contributed by atoms with Gasteiger partial charge in [-0.05, 0) is 93.1 Å². The van der Waals surface area contributed by atoms with Gasteiger partial charge in [0.05, 0.1) is 27.4 Å². The summed E-state index contributed by atoms with van der Waals surface area (Å²) in [6.45, 7) is 6.80. The van der Waals surface area contributed by atoms with Gasteiger partial charge in [-0.1, -0.05) is 36.8 Å². The van der Waals surface area contributed by atoms with Crippen molar-refractivity contribution in [2.24, 2.45) is 11.8 Å². The summed E-state index contributed by atoms with van der Waals surface area (Å²) in [5.41, 5.74) is 3.70. The average molecular weight is 709 g/mol. The summed E-state index contributed by atoms with van der Waals surface area (Å²) in [6.07, 6.45) is 7.81. The van der Waals surface area contributed by atoms with Crippen molar-refractivity contribution in [2.45, 2.75) is 80.4 Å². The SMILES string of the molecule is CCC1=C[C@@H]2CN(CCc3c([nH]c4ccccc34)[C@@](C(=O)OC)(c3cc4c(cc3OC)N(C)[C@@H]3[C@]45CCN4CCC[C@@H](C[C@]3(O)C(=O)OC)[C@H]45)C2)C1. The first-order chi connectivity index (χ1) is 25.1. The lowest BCUT2D eigenvalue weighted by molar-refractivity contribution is -0.177. The van der Waals surface area contributed by atoms with E-state index in [0.717, 1.165) is 104 Å². The number of benzene rings is 2. The maximum absolute atomic E-state index is 15.1. The Morgan fingerprint density at radius 1 is 1.02 bits per heavy atom. The Hall–Kier alpha value is -3.86. The largest absolute Gasteiger partial charge is 0.496 e. The molecule has 1 unspecified atom stereocenters. The second-order valence-electron chi connectivity index (χ2n) is 16.4. The van der Waals surface area contributed by atoms with Crippen LogP contribution in [0.3, 0.4) is 0 Å². The number of hydrogen-bond acceptors (Lipinski definition) is 9. The van der Waals surface area contributed by atoms with E-state index in [4.69, 9.17) is 14.2 Å². The smallest absolute Gasteiger partial charge is 0.340 e. The summed E-state index contributed by atoms with van der Waals surface area (Å²) in [7, 11) is 6.55. The maximum atomic E-state index is 15.1. The van der Waals surface area contributed by atoms with Gasteiger partial charge in [-0.25, -0.2) is 4.79 Å². The molecule has 0 amide bonds. The Bertz CT molecular complexity index is 1990. The van der Waals surface area contributed by atoms with Crippen LogP contribution in [0, 0.1) is 11.8 Å². The lowest BCUT2D eigenvalue weighted by Crippen LogP contribution is -2.72. The van der Waals surface area contributed by atoms with Crippen LogP contribution in [0.15, 0.2) is 48.0 Å². The number of carbonyl (C=O) groups is 2. The molecule has 6 heterocycles. The standard InChI is InChI=1S/C42H52N4O6/c1-6-25-18-26-21-41(38(47)51-4,35-29(13-16-45(23-25)24-26)28-11-7-8-12-32(28)43-35)31-19-30-33(20-34(31)50-3)44(2)37-40(30)14-17-46-15-9-10-27(36(40)46)22-42(37,49)39(48)52-5/h7-8,11-12,18-20,26-27,36-37,43,49H,6,9-10,13-17,21-24H2,1-5H3/t26-,27-,36-,37+,40+,41-,42+/m0/s1. The number of likely N-dealkylation sites (N-methyl/N-ethyl adjacent to an activating group) is 1. The van der Waals surface area contributed by atoms with Gasteiger partial charge in [0, 0.05) is 72.1 Å². The van der Waals surface area contributed by atoms with Crippen molar-refractivity contribution >= 4 is 28.5 Å². The van der Waals surface area contributed by atoms with Crippen LogP contribution >= 0.6 is 0 Å². The summed E-state index contributed by atoms with van der Waals surface area (Å²) < 4.78 is 17.7. The van der Waals surface area contributed by atoms with Gasteiger partial charge in [0.15, 0.2) is 5.60 Å². The summed E-state index contributed by atoms with van der Waals surface area (Å²) in [5.74, 6) is -0.0687. The molecule has 3 fully saturated rings. The van der Waals surface area contributed by atoms with Crippen LogP contribution in [0.25, 0.3) is 10.9 Å². The predicted molar refractivity (Wildman–Crippen MR) is 199 cm³/mol. The zero-order valence-electron chi connectivity index (χ0n) is 31.2. The number of ether oxygens (including phenoxy) is 3. The van der Waals surface area contributed by atoms with Gasteiger partial charge in [0.2, 0.25) is 0 Å². The average Bonchev–Trinajstić information content (AvgIpc) is 3.82. The highest BCUT2D eigenvalue weighted by Crippen LogP contribution is 2.64. The van der Waals surface area contributed by atoms with Gasteiger partial charge in [-0.15, -0.1) is 0 Å². The van der Waals surface area contributed by atoms with Gasteiger partial charge in [-0.3, -0.25) is 14.6 Å². The van der Waals surface area contributed by atoms with E-state index < -0.39 is 28.4 Å². The fourth-order valence-electron chi connectivity index (χ4n) is 12.4. The Labute approximate surface area is 306 Å². The van der Waals surface area contributed by atoms with Crippen LogP contribution in [0.1, 0.15) is 67.8 Å². The number of nitrogens with one attached hydrogen (secondary N) is 1. The minimum absolute atomic E-state index is 0.0931. The van der Waals surface area contributed by atoms with Crippen molar-refractivity contribution in [3.8, 4) is 5.75 Å². The third-order valence-electron chi connectivity index (χ3n) is 14.2. The van der Waals surface area contributed by atoms with Crippen molar-refractivity contribution in [2.75, 3.05) is 66.0 Å². The van der Waals surface area contributed by atoms with Crippen LogP contribution in [-0.2, 0) is 36.3 Å². The molecule has 2 aromatic carbocycles. The Morgan fingerprint density at radius 2 is 1.83 bits per heavy atom. The van der Waals surface area contributed by atoms with Crippen LogP contribution in [0.2, 0.25) is 0 Å². The second-order valence-corrected chi connectivity index (χ2v) is 16.4. The molecule has 1 aromatic heterocycles. The molecule has 6 aliphatic rings. The van der Waals surface area contributed by atoms with E-state index >= 15 is 4.79 Å². The van der Waals surface area contributed by atoms with Gasteiger partial charge >= 0.3 is 11.9 Å². The minimum Gasteiger partial charge on any atom is -0.496 e. The second kappa shape index (κ2) is 12.1. The number of rotatable bonds is 5. The molecule has 276 valence electrons. The van der Waals surface area contributed by atoms with Crippen LogP contribution in [-0.4, -0.2) is 111 Å². The normalized spacial score (nSPS) is 34.9. The third-order valence-corrected chi connectivity index (χ3v) is 14.2. The molecule has 8 atom stereocenters. The first-order valence-corrected chi connectivity index (χ1v) is 19.3. The van der Waals surface area contributed by atoms with E-state index in [1.165, 1.54) is 19.8 Å². The molecule has 9 rings (SSSR count). The monoisotopic (exact) mass is 708 g/mol. The highest BCUT2D eigenvalue weighted by molar-refractivity contribution is 5.94. The van der Waals surface area contributed by atoms with E-state index in [1.54, 1.807) is 7.11 Å². The maximum Gasteiger partial charge on any atom is 0.340 e.